The van der Waals surface area contributed by atoms with E-state index in [1.54, 1.807) is 0 Å². The number of rotatable bonds is 6. The summed E-state index contributed by atoms with van der Waals surface area (Å²) in [6, 6.07) is 4.50. The summed E-state index contributed by atoms with van der Waals surface area (Å²) in [5.41, 5.74) is 0.517. The number of carbonyl (C=O) groups is 3. The van der Waals surface area contributed by atoms with Crippen LogP contribution < -0.4 is 10.6 Å². The largest absolute Gasteiger partial charge is 0.478 e. The number of benzene rings is 1. The fraction of sp³-hybridized carbons (Fsp3) is 0.267. The number of carboxylic acid groups (broad SMARTS) is 1. The molecular formula is C15H15ClN2O4. The Morgan fingerprint density at radius 1 is 1.27 bits per heavy atom. The van der Waals surface area contributed by atoms with E-state index < -0.39 is 11.9 Å². The maximum atomic E-state index is 12.2. The average molecular weight is 323 g/mol. The molecule has 1 fully saturated rings. The molecule has 1 aliphatic rings. The van der Waals surface area contributed by atoms with E-state index in [9.17, 15) is 14.4 Å². The van der Waals surface area contributed by atoms with Gasteiger partial charge >= 0.3 is 5.97 Å². The number of amides is 2. The minimum atomic E-state index is -1.23. The molecule has 1 aromatic rings. The normalized spacial score (nSPS) is 13.9. The third kappa shape index (κ3) is 4.89. The van der Waals surface area contributed by atoms with Gasteiger partial charge in [-0.25, -0.2) is 4.79 Å². The van der Waals surface area contributed by atoms with Crippen molar-refractivity contribution < 1.29 is 19.5 Å². The summed E-state index contributed by atoms with van der Waals surface area (Å²) in [6.45, 7) is 0.595. The average Bonchev–Trinajstić information content (AvgIpc) is 3.28. The monoisotopic (exact) mass is 322 g/mol. The first-order valence-electron chi connectivity index (χ1n) is 6.75. The molecule has 0 aromatic heterocycles. The van der Waals surface area contributed by atoms with Gasteiger partial charge in [0.15, 0.2) is 0 Å². The van der Waals surface area contributed by atoms with Gasteiger partial charge < -0.3 is 15.7 Å². The summed E-state index contributed by atoms with van der Waals surface area (Å²) in [5, 5.41) is 14.1. The van der Waals surface area contributed by atoms with Gasteiger partial charge in [0.1, 0.15) is 0 Å². The van der Waals surface area contributed by atoms with Crippen LogP contribution in [0.25, 0.3) is 0 Å². The molecule has 1 aromatic carbocycles. The summed E-state index contributed by atoms with van der Waals surface area (Å²) in [7, 11) is 0. The van der Waals surface area contributed by atoms with Crippen LogP contribution in [0.1, 0.15) is 23.2 Å². The predicted octanol–water partition coefficient (Wildman–Crippen LogP) is 2.06. The van der Waals surface area contributed by atoms with Gasteiger partial charge in [-0.3, -0.25) is 9.59 Å². The molecule has 22 heavy (non-hydrogen) atoms. The van der Waals surface area contributed by atoms with Gasteiger partial charge in [-0.15, -0.1) is 0 Å². The Bertz CT molecular complexity index is 638. The van der Waals surface area contributed by atoms with Crippen LogP contribution in [0.3, 0.4) is 0 Å². The summed E-state index contributed by atoms with van der Waals surface area (Å²) < 4.78 is 0. The van der Waals surface area contributed by atoms with E-state index >= 15 is 0 Å². The second-order valence-corrected chi connectivity index (χ2v) is 5.44. The van der Waals surface area contributed by atoms with Crippen molar-refractivity contribution in [2.24, 2.45) is 5.92 Å². The van der Waals surface area contributed by atoms with Crippen molar-refractivity contribution in [2.75, 3.05) is 11.9 Å². The molecule has 6 nitrogen and oxygen atoms in total. The lowest BCUT2D eigenvalue weighted by molar-refractivity contribution is -0.131. The van der Waals surface area contributed by atoms with Crippen molar-refractivity contribution in [3.8, 4) is 0 Å². The molecule has 116 valence electrons. The van der Waals surface area contributed by atoms with Gasteiger partial charge in [0, 0.05) is 23.7 Å². The number of aliphatic carboxylic acids is 1. The fourth-order valence-corrected chi connectivity index (χ4v) is 1.96. The van der Waals surface area contributed by atoms with E-state index in [0.717, 1.165) is 25.0 Å². The van der Waals surface area contributed by atoms with Crippen molar-refractivity contribution in [3.05, 3.63) is 40.9 Å². The highest BCUT2D eigenvalue weighted by Gasteiger charge is 2.22. The minimum Gasteiger partial charge on any atom is -0.478 e. The van der Waals surface area contributed by atoms with Crippen LogP contribution in [-0.2, 0) is 9.59 Å². The molecule has 0 spiro atoms. The zero-order valence-electron chi connectivity index (χ0n) is 11.6. The lowest BCUT2D eigenvalue weighted by Crippen LogP contribution is -2.27. The second kappa shape index (κ2) is 7.09. The number of carbonyl (C=O) groups excluding carboxylic acids is 2. The number of nitrogens with one attached hydrogen (secondary N) is 2. The Hall–Kier alpha value is -2.34. The number of hydrogen-bond acceptors (Lipinski definition) is 3. The van der Waals surface area contributed by atoms with Crippen LogP contribution in [0.2, 0.25) is 5.02 Å². The second-order valence-electron chi connectivity index (χ2n) is 5.00. The van der Waals surface area contributed by atoms with Crippen LogP contribution in [0.5, 0.6) is 0 Å². The van der Waals surface area contributed by atoms with Gasteiger partial charge in [-0.1, -0.05) is 11.6 Å². The van der Waals surface area contributed by atoms with Crippen molar-refractivity contribution in [2.45, 2.75) is 12.8 Å². The number of carboxylic acids is 1. The third-order valence-corrected chi connectivity index (χ3v) is 3.34. The Balaban J connectivity index is 2.10. The highest BCUT2D eigenvalue weighted by atomic mass is 35.5. The van der Waals surface area contributed by atoms with Crippen LogP contribution in [0, 0.1) is 5.92 Å². The first kappa shape index (κ1) is 16.0. The molecule has 7 heteroatoms. The molecule has 0 radical (unpaired) electrons. The van der Waals surface area contributed by atoms with Gasteiger partial charge in [0.05, 0.1) is 11.3 Å². The summed E-state index contributed by atoms with van der Waals surface area (Å²) in [6.07, 6.45) is 3.82. The maximum absolute atomic E-state index is 12.2. The standard InChI is InChI=1S/C15H15ClN2O4/c16-10-3-4-12(18-13(19)5-6-14(20)21)11(7-10)15(22)17-8-9-1-2-9/h3-7,9H,1-2,8H2,(H,17,22)(H,18,19)(H,20,21)/b6-5+. The van der Waals surface area contributed by atoms with E-state index in [4.69, 9.17) is 16.7 Å². The predicted molar refractivity (Wildman–Crippen MR) is 81.9 cm³/mol. The Labute approximate surface area is 132 Å². The van der Waals surface area contributed by atoms with Crippen LogP contribution >= 0.6 is 11.6 Å². The molecule has 0 unspecified atom stereocenters. The molecule has 1 saturated carbocycles. The van der Waals surface area contributed by atoms with E-state index in [1.807, 2.05) is 0 Å². The quantitative estimate of drug-likeness (QED) is 0.698. The Morgan fingerprint density at radius 2 is 2.00 bits per heavy atom. The molecule has 1 aliphatic carbocycles. The molecule has 0 heterocycles. The van der Waals surface area contributed by atoms with Gasteiger partial charge in [-0.2, -0.15) is 0 Å². The summed E-state index contributed by atoms with van der Waals surface area (Å²) in [5.74, 6) is -1.67. The first-order valence-corrected chi connectivity index (χ1v) is 7.13. The molecule has 0 saturated heterocycles. The molecule has 0 aliphatic heterocycles. The highest BCUT2D eigenvalue weighted by Crippen LogP contribution is 2.28. The Morgan fingerprint density at radius 3 is 2.64 bits per heavy atom. The van der Waals surface area contributed by atoms with Crippen molar-refractivity contribution in [1.29, 1.82) is 0 Å². The topological polar surface area (TPSA) is 95.5 Å². The summed E-state index contributed by atoms with van der Waals surface area (Å²) in [4.78, 5) is 34.2. The van der Waals surface area contributed by atoms with Crippen molar-refractivity contribution >= 4 is 35.1 Å². The third-order valence-electron chi connectivity index (χ3n) is 3.11. The zero-order valence-corrected chi connectivity index (χ0v) is 12.4. The Kier molecular flexibility index (Phi) is 5.16. The van der Waals surface area contributed by atoms with Crippen LogP contribution in [0.15, 0.2) is 30.4 Å². The van der Waals surface area contributed by atoms with Gasteiger partial charge in [0.25, 0.3) is 5.91 Å². The van der Waals surface area contributed by atoms with Crippen LogP contribution in [0.4, 0.5) is 5.69 Å². The summed E-state index contributed by atoms with van der Waals surface area (Å²) >= 11 is 5.89. The number of anilines is 1. The molecule has 0 atom stereocenters. The van der Waals surface area contributed by atoms with E-state index in [0.29, 0.717) is 17.5 Å². The van der Waals surface area contributed by atoms with E-state index in [-0.39, 0.29) is 17.2 Å². The first-order chi connectivity index (χ1) is 10.5. The lowest BCUT2D eigenvalue weighted by atomic mass is 10.1. The van der Waals surface area contributed by atoms with E-state index in [2.05, 4.69) is 10.6 Å². The van der Waals surface area contributed by atoms with Crippen molar-refractivity contribution in [1.82, 2.24) is 5.32 Å². The molecule has 0 bridgehead atoms. The van der Waals surface area contributed by atoms with E-state index in [1.165, 1.54) is 18.2 Å². The molecule has 2 rings (SSSR count). The van der Waals surface area contributed by atoms with Crippen LogP contribution in [-0.4, -0.2) is 29.4 Å². The van der Waals surface area contributed by atoms with Gasteiger partial charge in [0.2, 0.25) is 5.91 Å². The van der Waals surface area contributed by atoms with Crippen molar-refractivity contribution in [3.63, 3.8) is 0 Å². The number of halogens is 1. The zero-order chi connectivity index (χ0) is 16.1. The van der Waals surface area contributed by atoms with Gasteiger partial charge in [-0.05, 0) is 37.0 Å². The minimum absolute atomic E-state index is 0.241. The molecule has 3 N–H and O–H groups in total. The SMILES string of the molecule is O=C(O)/C=C/C(=O)Nc1ccc(Cl)cc1C(=O)NCC1CC1. The fourth-order valence-electron chi connectivity index (χ4n) is 1.79. The lowest BCUT2D eigenvalue weighted by Gasteiger charge is -2.11. The maximum Gasteiger partial charge on any atom is 0.328 e. The number of hydrogen-bond donors (Lipinski definition) is 3. The molecular weight excluding hydrogens is 308 g/mol. The molecule has 2 amide bonds. The highest BCUT2D eigenvalue weighted by molar-refractivity contribution is 6.31. The smallest absolute Gasteiger partial charge is 0.328 e.